The van der Waals surface area contributed by atoms with Crippen molar-refractivity contribution in [1.82, 2.24) is 4.72 Å². The van der Waals surface area contributed by atoms with Gasteiger partial charge in [-0.15, -0.1) is 0 Å². The molecule has 0 saturated carbocycles. The molecule has 1 unspecified atom stereocenters. The number of Topliss-reactive ketones (excluding diaryl/α,β-unsaturated/α-hetero) is 1. The Kier molecular flexibility index (Phi) is 4.61. The van der Waals surface area contributed by atoms with E-state index in [0.717, 1.165) is 6.07 Å². The van der Waals surface area contributed by atoms with Crippen LogP contribution in [0.25, 0.3) is 0 Å². The number of carbonyl (C=O) groups is 1. The molecule has 0 fully saturated rings. The van der Waals surface area contributed by atoms with Crippen LogP contribution >= 0.6 is 0 Å². The second-order valence-electron chi connectivity index (χ2n) is 4.60. The third-order valence-corrected chi connectivity index (χ3v) is 4.71. The number of nitrogens with zero attached hydrogens (tertiary/aromatic N) is 1. The van der Waals surface area contributed by atoms with Crippen LogP contribution in [-0.2, 0) is 14.8 Å². The van der Waals surface area contributed by atoms with Crippen molar-refractivity contribution in [1.29, 1.82) is 0 Å². The Labute approximate surface area is 117 Å². The molecule has 0 radical (unpaired) electrons. The van der Waals surface area contributed by atoms with E-state index in [1.54, 1.807) is 13.8 Å². The number of benzene rings is 1. The summed E-state index contributed by atoms with van der Waals surface area (Å²) in [7, 11) is -3.99. The molecule has 0 amide bonds. The number of hydrogen-bond donors (Lipinski definition) is 1. The van der Waals surface area contributed by atoms with Crippen molar-refractivity contribution >= 4 is 21.5 Å². The summed E-state index contributed by atoms with van der Waals surface area (Å²) in [6, 6.07) is 1.42. The van der Waals surface area contributed by atoms with Gasteiger partial charge in [0.25, 0.3) is 5.69 Å². The Hall–Kier alpha value is -1.80. The van der Waals surface area contributed by atoms with E-state index in [4.69, 9.17) is 0 Å². The maximum absolute atomic E-state index is 12.2. The van der Waals surface area contributed by atoms with Crippen LogP contribution in [0.5, 0.6) is 0 Å². The minimum Gasteiger partial charge on any atom is -0.298 e. The smallest absolute Gasteiger partial charge is 0.271 e. The maximum Gasteiger partial charge on any atom is 0.271 e. The first kappa shape index (κ1) is 16.3. The number of aryl methyl sites for hydroxylation is 1. The van der Waals surface area contributed by atoms with E-state index < -0.39 is 21.0 Å². The van der Waals surface area contributed by atoms with Crippen LogP contribution in [-0.4, -0.2) is 25.2 Å². The van der Waals surface area contributed by atoms with Crippen molar-refractivity contribution in [3.63, 3.8) is 0 Å². The van der Waals surface area contributed by atoms with Gasteiger partial charge in [0.2, 0.25) is 10.0 Å². The Morgan fingerprint density at radius 3 is 2.35 bits per heavy atom. The van der Waals surface area contributed by atoms with E-state index in [1.165, 1.54) is 19.9 Å². The topological polar surface area (TPSA) is 106 Å². The highest BCUT2D eigenvalue weighted by Gasteiger charge is 2.25. The lowest BCUT2D eigenvalue weighted by molar-refractivity contribution is -0.385. The largest absolute Gasteiger partial charge is 0.298 e. The summed E-state index contributed by atoms with van der Waals surface area (Å²) in [6.07, 6.45) is 0. The molecule has 0 spiro atoms. The van der Waals surface area contributed by atoms with E-state index in [0.29, 0.717) is 11.1 Å². The van der Waals surface area contributed by atoms with Crippen molar-refractivity contribution in [3.8, 4) is 0 Å². The van der Waals surface area contributed by atoms with Crippen molar-refractivity contribution in [2.45, 2.75) is 38.6 Å². The van der Waals surface area contributed by atoms with E-state index in [-0.39, 0.29) is 16.4 Å². The van der Waals surface area contributed by atoms with Crippen molar-refractivity contribution in [2.75, 3.05) is 0 Å². The predicted octanol–water partition coefficient (Wildman–Crippen LogP) is 1.47. The molecule has 0 aliphatic heterocycles. The summed E-state index contributed by atoms with van der Waals surface area (Å²) >= 11 is 0. The Morgan fingerprint density at radius 2 is 1.90 bits per heavy atom. The number of sulfonamides is 1. The fraction of sp³-hybridized carbons (Fsp3) is 0.417. The summed E-state index contributed by atoms with van der Waals surface area (Å²) in [5, 5.41) is 10.8. The highest BCUT2D eigenvalue weighted by atomic mass is 32.2. The summed E-state index contributed by atoms with van der Waals surface area (Å²) in [6.45, 7) is 5.83. The third kappa shape index (κ3) is 3.40. The lowest BCUT2D eigenvalue weighted by Gasteiger charge is -2.14. The fourth-order valence-corrected chi connectivity index (χ4v) is 3.17. The van der Waals surface area contributed by atoms with Gasteiger partial charge in [-0.2, -0.15) is 0 Å². The molecule has 1 atom stereocenters. The zero-order valence-electron chi connectivity index (χ0n) is 11.6. The minimum absolute atomic E-state index is 0.183. The van der Waals surface area contributed by atoms with Gasteiger partial charge >= 0.3 is 0 Å². The average molecular weight is 300 g/mol. The van der Waals surface area contributed by atoms with Crippen LogP contribution in [0.1, 0.15) is 25.0 Å². The first-order chi connectivity index (χ1) is 9.06. The minimum atomic E-state index is -3.99. The maximum atomic E-state index is 12.2. The molecule has 1 rings (SSSR count). The molecule has 0 saturated heterocycles. The molecule has 110 valence electrons. The first-order valence-electron chi connectivity index (χ1n) is 5.84. The standard InChI is InChI=1S/C12H16N2O5S/c1-7-5-11(14(16)17)6-12(8(7)2)20(18,19)13-9(3)10(4)15/h5-6,9,13H,1-4H3. The summed E-state index contributed by atoms with van der Waals surface area (Å²) < 4.78 is 26.6. The first-order valence-corrected chi connectivity index (χ1v) is 7.33. The third-order valence-electron chi connectivity index (χ3n) is 3.05. The van der Waals surface area contributed by atoms with Gasteiger partial charge in [0, 0.05) is 12.1 Å². The van der Waals surface area contributed by atoms with Crippen molar-refractivity contribution in [3.05, 3.63) is 33.4 Å². The summed E-state index contributed by atoms with van der Waals surface area (Å²) in [4.78, 5) is 21.1. The van der Waals surface area contributed by atoms with Gasteiger partial charge in [-0.3, -0.25) is 14.9 Å². The molecule has 0 aliphatic carbocycles. The van der Waals surface area contributed by atoms with Crippen LogP contribution in [0.15, 0.2) is 17.0 Å². The molecule has 0 aromatic heterocycles. The number of carbonyl (C=O) groups excluding carboxylic acids is 1. The second-order valence-corrected chi connectivity index (χ2v) is 6.28. The van der Waals surface area contributed by atoms with Crippen LogP contribution in [0.4, 0.5) is 5.69 Å². The van der Waals surface area contributed by atoms with Crippen LogP contribution in [0, 0.1) is 24.0 Å². The molecule has 20 heavy (non-hydrogen) atoms. The van der Waals surface area contributed by atoms with E-state index >= 15 is 0 Å². The van der Waals surface area contributed by atoms with E-state index in [1.807, 2.05) is 0 Å². The summed E-state index contributed by atoms with van der Waals surface area (Å²) in [5.74, 6) is -0.339. The lowest BCUT2D eigenvalue weighted by Crippen LogP contribution is -2.37. The number of hydrogen-bond acceptors (Lipinski definition) is 5. The lowest BCUT2D eigenvalue weighted by atomic mass is 10.1. The highest BCUT2D eigenvalue weighted by molar-refractivity contribution is 7.89. The molecule has 0 heterocycles. The Morgan fingerprint density at radius 1 is 1.35 bits per heavy atom. The molecule has 7 nitrogen and oxygen atoms in total. The van der Waals surface area contributed by atoms with Gasteiger partial charge in [0.15, 0.2) is 0 Å². The quantitative estimate of drug-likeness (QED) is 0.654. The molecular formula is C12H16N2O5S. The SMILES string of the molecule is CC(=O)C(C)NS(=O)(=O)c1cc([N+](=O)[O-])cc(C)c1C. The molecular weight excluding hydrogens is 284 g/mol. The average Bonchev–Trinajstić information content (AvgIpc) is 2.31. The van der Waals surface area contributed by atoms with Gasteiger partial charge in [-0.1, -0.05) is 0 Å². The normalized spacial score (nSPS) is 13.0. The molecule has 0 bridgehead atoms. The molecule has 1 aromatic carbocycles. The van der Waals surface area contributed by atoms with Gasteiger partial charge in [0.1, 0.15) is 5.78 Å². The number of non-ortho nitro benzene ring substituents is 1. The molecule has 8 heteroatoms. The molecule has 0 aliphatic rings. The predicted molar refractivity (Wildman–Crippen MR) is 73.0 cm³/mol. The molecule has 1 N–H and O–H groups in total. The Bertz CT molecular complexity index is 667. The summed E-state index contributed by atoms with van der Waals surface area (Å²) in [5.41, 5.74) is 0.609. The fourth-order valence-electron chi connectivity index (χ4n) is 1.57. The second kappa shape index (κ2) is 5.68. The highest BCUT2D eigenvalue weighted by Crippen LogP contribution is 2.25. The van der Waals surface area contributed by atoms with Crippen molar-refractivity contribution in [2.24, 2.45) is 0 Å². The zero-order valence-corrected chi connectivity index (χ0v) is 12.4. The number of ketones is 1. The van der Waals surface area contributed by atoms with Crippen LogP contribution in [0.2, 0.25) is 0 Å². The van der Waals surface area contributed by atoms with Gasteiger partial charge < -0.3 is 0 Å². The number of nitro groups is 1. The van der Waals surface area contributed by atoms with Crippen LogP contribution < -0.4 is 4.72 Å². The van der Waals surface area contributed by atoms with E-state index in [2.05, 4.69) is 4.72 Å². The van der Waals surface area contributed by atoms with E-state index in [9.17, 15) is 23.3 Å². The van der Waals surface area contributed by atoms with Gasteiger partial charge in [-0.05, 0) is 38.8 Å². The number of nitrogens with one attached hydrogen (secondary N) is 1. The van der Waals surface area contributed by atoms with Crippen LogP contribution in [0.3, 0.4) is 0 Å². The molecule has 1 aromatic rings. The van der Waals surface area contributed by atoms with Gasteiger partial charge in [-0.25, -0.2) is 13.1 Å². The van der Waals surface area contributed by atoms with Crippen molar-refractivity contribution < 1.29 is 18.1 Å². The number of rotatable bonds is 5. The Balaban J connectivity index is 3.38. The monoisotopic (exact) mass is 300 g/mol. The van der Waals surface area contributed by atoms with Gasteiger partial charge in [0.05, 0.1) is 15.9 Å². The number of nitro benzene ring substituents is 1. The zero-order chi connectivity index (χ0) is 15.7.